The monoisotopic (exact) mass is 362 g/mol. The fourth-order valence-corrected chi connectivity index (χ4v) is 3.29. The molecule has 0 aliphatic heterocycles. The van der Waals surface area contributed by atoms with E-state index in [0.29, 0.717) is 0 Å². The van der Waals surface area contributed by atoms with Crippen molar-refractivity contribution in [2.45, 2.75) is 18.7 Å². The van der Waals surface area contributed by atoms with Crippen LogP contribution in [0, 0.1) is 13.8 Å². The lowest BCUT2D eigenvalue weighted by Gasteiger charge is -2.19. The first kappa shape index (κ1) is 19.0. The largest absolute Gasteiger partial charge is 0.495 e. The first-order chi connectivity index (χ1) is 11.7. The van der Waals surface area contributed by atoms with E-state index in [1.54, 1.807) is 13.1 Å². The highest BCUT2D eigenvalue weighted by Gasteiger charge is 2.22. The van der Waals surface area contributed by atoms with Gasteiger partial charge in [0, 0.05) is 18.3 Å². The molecule has 6 nitrogen and oxygen atoms in total. The minimum Gasteiger partial charge on any atom is -0.495 e. The van der Waals surface area contributed by atoms with Crippen LogP contribution in [0.3, 0.4) is 0 Å². The van der Waals surface area contributed by atoms with Crippen LogP contribution >= 0.6 is 0 Å². The van der Waals surface area contributed by atoms with Gasteiger partial charge in [-0.3, -0.25) is 4.79 Å². The SMILES string of the molecule is CNS(=O)(=O)c1cc(C(=O)N(C)c2ccc(C)c(C)c2)ccc1OC. The summed E-state index contributed by atoms with van der Waals surface area (Å²) in [5.41, 5.74) is 3.21. The van der Waals surface area contributed by atoms with Crippen molar-refractivity contribution in [2.75, 3.05) is 26.1 Å². The van der Waals surface area contributed by atoms with Gasteiger partial charge >= 0.3 is 0 Å². The zero-order valence-electron chi connectivity index (χ0n) is 15.0. The van der Waals surface area contributed by atoms with Crippen molar-refractivity contribution < 1.29 is 17.9 Å². The second kappa shape index (κ2) is 7.25. The Hall–Kier alpha value is -2.38. The van der Waals surface area contributed by atoms with Gasteiger partial charge in [0.2, 0.25) is 10.0 Å². The van der Waals surface area contributed by atoms with Gasteiger partial charge in [-0.1, -0.05) is 6.07 Å². The molecule has 1 N–H and O–H groups in total. The van der Waals surface area contributed by atoms with Crippen LogP contribution in [0.25, 0.3) is 0 Å². The molecule has 0 aliphatic carbocycles. The minimum atomic E-state index is -3.75. The van der Waals surface area contributed by atoms with Crippen LogP contribution in [0.15, 0.2) is 41.3 Å². The number of hydrogen-bond donors (Lipinski definition) is 1. The van der Waals surface area contributed by atoms with E-state index >= 15 is 0 Å². The molecule has 2 rings (SSSR count). The average Bonchev–Trinajstić information content (AvgIpc) is 2.62. The molecule has 0 heterocycles. The third-order valence-corrected chi connectivity index (χ3v) is 5.59. The molecular weight excluding hydrogens is 340 g/mol. The van der Waals surface area contributed by atoms with E-state index < -0.39 is 10.0 Å². The normalized spacial score (nSPS) is 11.2. The Morgan fingerprint density at radius 2 is 1.76 bits per heavy atom. The fraction of sp³-hybridized carbons (Fsp3) is 0.278. The number of aryl methyl sites for hydroxylation is 2. The number of benzene rings is 2. The Bertz CT molecular complexity index is 907. The molecule has 25 heavy (non-hydrogen) atoms. The van der Waals surface area contributed by atoms with Crippen LogP contribution in [-0.4, -0.2) is 35.5 Å². The number of sulfonamides is 1. The summed E-state index contributed by atoms with van der Waals surface area (Å²) in [6.45, 7) is 3.97. The molecule has 0 fully saturated rings. The smallest absolute Gasteiger partial charge is 0.258 e. The Kier molecular flexibility index (Phi) is 5.49. The molecule has 0 spiro atoms. The Morgan fingerprint density at radius 1 is 1.08 bits per heavy atom. The summed E-state index contributed by atoms with van der Waals surface area (Å²) in [5, 5.41) is 0. The van der Waals surface area contributed by atoms with E-state index in [9.17, 15) is 13.2 Å². The quantitative estimate of drug-likeness (QED) is 0.887. The van der Waals surface area contributed by atoms with Crippen molar-refractivity contribution in [3.05, 3.63) is 53.1 Å². The highest BCUT2D eigenvalue weighted by atomic mass is 32.2. The van der Waals surface area contributed by atoms with Crippen LogP contribution in [0.5, 0.6) is 5.75 Å². The number of methoxy groups -OCH3 is 1. The van der Waals surface area contributed by atoms with Gasteiger partial charge in [0.25, 0.3) is 5.91 Å². The maximum Gasteiger partial charge on any atom is 0.258 e. The number of anilines is 1. The molecule has 0 aromatic heterocycles. The predicted molar refractivity (Wildman–Crippen MR) is 97.9 cm³/mol. The number of carbonyl (C=O) groups is 1. The van der Waals surface area contributed by atoms with Gasteiger partial charge in [-0.05, 0) is 62.4 Å². The van der Waals surface area contributed by atoms with Crippen molar-refractivity contribution in [1.82, 2.24) is 4.72 Å². The van der Waals surface area contributed by atoms with Gasteiger partial charge in [-0.15, -0.1) is 0 Å². The van der Waals surface area contributed by atoms with Crippen LogP contribution in [0.1, 0.15) is 21.5 Å². The number of amides is 1. The van der Waals surface area contributed by atoms with Crippen LogP contribution < -0.4 is 14.4 Å². The molecule has 2 aromatic carbocycles. The van der Waals surface area contributed by atoms with Gasteiger partial charge in [0.05, 0.1) is 7.11 Å². The van der Waals surface area contributed by atoms with Crippen LogP contribution in [-0.2, 0) is 10.0 Å². The topological polar surface area (TPSA) is 75.7 Å². The van der Waals surface area contributed by atoms with Crippen molar-refractivity contribution in [2.24, 2.45) is 0 Å². The van der Waals surface area contributed by atoms with E-state index in [1.807, 2.05) is 32.0 Å². The van der Waals surface area contributed by atoms with Gasteiger partial charge < -0.3 is 9.64 Å². The number of carbonyl (C=O) groups excluding carboxylic acids is 1. The highest BCUT2D eigenvalue weighted by Crippen LogP contribution is 2.26. The van der Waals surface area contributed by atoms with Crippen molar-refractivity contribution in [3.63, 3.8) is 0 Å². The Morgan fingerprint density at radius 3 is 2.32 bits per heavy atom. The maximum absolute atomic E-state index is 12.8. The van der Waals surface area contributed by atoms with Crippen LogP contribution in [0.4, 0.5) is 5.69 Å². The molecule has 0 radical (unpaired) electrons. The van der Waals surface area contributed by atoms with Gasteiger partial charge in [0.1, 0.15) is 10.6 Å². The van der Waals surface area contributed by atoms with E-state index in [4.69, 9.17) is 4.74 Å². The van der Waals surface area contributed by atoms with Crippen LogP contribution in [0.2, 0.25) is 0 Å². The number of nitrogens with one attached hydrogen (secondary N) is 1. The first-order valence-electron chi connectivity index (χ1n) is 7.68. The summed E-state index contributed by atoms with van der Waals surface area (Å²) in [6, 6.07) is 10.1. The molecule has 7 heteroatoms. The summed E-state index contributed by atoms with van der Waals surface area (Å²) in [7, 11) is 0.602. The van der Waals surface area contributed by atoms with E-state index in [1.165, 1.54) is 31.2 Å². The molecule has 0 saturated carbocycles. The van der Waals surface area contributed by atoms with Gasteiger partial charge in [0.15, 0.2) is 0 Å². The molecular formula is C18H22N2O4S. The highest BCUT2D eigenvalue weighted by molar-refractivity contribution is 7.89. The Balaban J connectivity index is 2.45. The maximum atomic E-state index is 12.8. The lowest BCUT2D eigenvalue weighted by Crippen LogP contribution is -2.27. The molecule has 1 amide bonds. The van der Waals surface area contributed by atoms with E-state index in [-0.39, 0.29) is 22.1 Å². The van der Waals surface area contributed by atoms with Gasteiger partial charge in [-0.25, -0.2) is 13.1 Å². The summed E-state index contributed by atoms with van der Waals surface area (Å²) in [6.07, 6.45) is 0. The summed E-state index contributed by atoms with van der Waals surface area (Å²) in [5.74, 6) is -0.127. The molecule has 0 atom stereocenters. The molecule has 0 bridgehead atoms. The molecule has 134 valence electrons. The molecule has 0 saturated heterocycles. The zero-order valence-corrected chi connectivity index (χ0v) is 15.8. The first-order valence-corrected chi connectivity index (χ1v) is 9.16. The number of nitrogens with zero attached hydrogens (tertiary/aromatic N) is 1. The van der Waals surface area contributed by atoms with E-state index in [0.717, 1.165) is 16.8 Å². The lowest BCUT2D eigenvalue weighted by atomic mass is 10.1. The minimum absolute atomic E-state index is 0.0724. The summed E-state index contributed by atoms with van der Waals surface area (Å²) < 4.78 is 31.7. The summed E-state index contributed by atoms with van der Waals surface area (Å²) in [4.78, 5) is 14.2. The second-order valence-corrected chi connectivity index (χ2v) is 7.56. The fourth-order valence-electron chi connectivity index (χ4n) is 2.37. The number of rotatable bonds is 5. The number of ether oxygens (including phenoxy) is 1. The van der Waals surface area contributed by atoms with E-state index in [2.05, 4.69) is 4.72 Å². The molecule has 2 aromatic rings. The third kappa shape index (κ3) is 3.83. The summed E-state index contributed by atoms with van der Waals surface area (Å²) >= 11 is 0. The average molecular weight is 362 g/mol. The number of hydrogen-bond acceptors (Lipinski definition) is 4. The van der Waals surface area contributed by atoms with Crippen molar-refractivity contribution >= 4 is 21.6 Å². The lowest BCUT2D eigenvalue weighted by molar-refractivity contribution is 0.0992. The standard InChI is InChI=1S/C18H22N2O4S/c1-12-6-8-15(10-13(12)2)20(4)18(21)14-7-9-16(24-5)17(11-14)25(22,23)19-3/h6-11,19H,1-5H3. The molecule has 0 aliphatic rings. The Labute approximate surface area is 148 Å². The third-order valence-electron chi connectivity index (χ3n) is 4.15. The van der Waals surface area contributed by atoms with Crippen molar-refractivity contribution in [1.29, 1.82) is 0 Å². The zero-order chi connectivity index (χ0) is 18.8. The molecule has 0 unspecified atom stereocenters. The second-order valence-electron chi connectivity index (χ2n) is 5.71. The predicted octanol–water partition coefficient (Wildman–Crippen LogP) is 2.50. The van der Waals surface area contributed by atoms with Crippen molar-refractivity contribution in [3.8, 4) is 5.75 Å². The van der Waals surface area contributed by atoms with Gasteiger partial charge in [-0.2, -0.15) is 0 Å².